The molecule has 4 bridgehead atoms. The lowest BCUT2D eigenvalue weighted by atomic mass is 9.52. The SMILES string of the molecule is CCCCCN1CCN(C23CC4CC(CC(C4)C2)C3)CC1.Cl.Cl. The zero-order chi connectivity index (χ0) is 14.3. The highest BCUT2D eigenvalue weighted by molar-refractivity contribution is 5.85. The largest absolute Gasteiger partial charge is 0.301 e. The fourth-order valence-electron chi connectivity index (χ4n) is 6.48. The minimum Gasteiger partial charge on any atom is -0.301 e. The molecule has 0 radical (unpaired) electrons. The summed E-state index contributed by atoms with van der Waals surface area (Å²) >= 11 is 0. The number of piperazine rings is 1. The van der Waals surface area contributed by atoms with Gasteiger partial charge in [-0.05, 0) is 69.2 Å². The number of halogens is 2. The summed E-state index contributed by atoms with van der Waals surface area (Å²) < 4.78 is 0. The molecule has 0 unspecified atom stereocenters. The summed E-state index contributed by atoms with van der Waals surface area (Å²) in [5, 5.41) is 0. The van der Waals surface area contributed by atoms with E-state index in [1.54, 1.807) is 38.5 Å². The number of nitrogens with zero attached hydrogens (tertiary/aromatic N) is 2. The predicted molar refractivity (Wildman–Crippen MR) is 103 cm³/mol. The van der Waals surface area contributed by atoms with Gasteiger partial charge in [0.15, 0.2) is 0 Å². The second kappa shape index (κ2) is 8.25. The monoisotopic (exact) mass is 362 g/mol. The molecule has 2 nitrogen and oxygen atoms in total. The third-order valence-electron chi connectivity index (χ3n) is 7.13. The van der Waals surface area contributed by atoms with E-state index < -0.39 is 0 Å². The number of unbranched alkanes of at least 4 members (excludes halogenated alkanes) is 2. The van der Waals surface area contributed by atoms with Crippen LogP contribution in [0.15, 0.2) is 0 Å². The summed E-state index contributed by atoms with van der Waals surface area (Å²) in [7, 11) is 0. The molecule has 5 fully saturated rings. The van der Waals surface area contributed by atoms with Crippen molar-refractivity contribution in [1.82, 2.24) is 9.80 Å². The predicted octanol–water partition coefficient (Wildman–Crippen LogP) is 4.61. The highest BCUT2D eigenvalue weighted by Gasteiger charge is 2.53. The van der Waals surface area contributed by atoms with Crippen LogP contribution in [0.4, 0.5) is 0 Å². The summed E-state index contributed by atoms with van der Waals surface area (Å²) in [4.78, 5) is 5.68. The van der Waals surface area contributed by atoms with E-state index in [0.717, 1.165) is 17.8 Å². The first kappa shape index (κ1) is 19.8. The van der Waals surface area contributed by atoms with Gasteiger partial charge in [-0.3, -0.25) is 4.90 Å². The molecule has 0 amide bonds. The lowest BCUT2D eigenvalue weighted by molar-refractivity contribution is -0.101. The maximum absolute atomic E-state index is 2.95. The fourth-order valence-corrected chi connectivity index (χ4v) is 6.48. The Morgan fingerprint density at radius 3 is 1.78 bits per heavy atom. The molecular formula is C19H36Cl2N2. The first-order valence-corrected chi connectivity index (χ1v) is 9.75. The maximum atomic E-state index is 2.95. The molecule has 4 saturated carbocycles. The van der Waals surface area contributed by atoms with Gasteiger partial charge in [-0.15, -0.1) is 24.8 Å². The van der Waals surface area contributed by atoms with E-state index in [4.69, 9.17) is 0 Å². The first-order chi connectivity index (χ1) is 10.3. The zero-order valence-electron chi connectivity index (χ0n) is 14.8. The number of hydrogen-bond acceptors (Lipinski definition) is 2. The highest BCUT2D eigenvalue weighted by atomic mass is 35.5. The minimum atomic E-state index is 0. The molecule has 136 valence electrons. The van der Waals surface area contributed by atoms with E-state index in [9.17, 15) is 0 Å². The van der Waals surface area contributed by atoms with E-state index in [0.29, 0.717) is 5.54 Å². The number of hydrogen-bond donors (Lipinski definition) is 0. The van der Waals surface area contributed by atoms with Crippen molar-refractivity contribution < 1.29 is 0 Å². The van der Waals surface area contributed by atoms with Crippen molar-refractivity contribution in [2.75, 3.05) is 32.7 Å². The van der Waals surface area contributed by atoms with Crippen LogP contribution in [0, 0.1) is 17.8 Å². The highest BCUT2D eigenvalue weighted by Crippen LogP contribution is 2.57. The minimum absolute atomic E-state index is 0. The molecule has 5 rings (SSSR count). The molecule has 5 aliphatic rings. The van der Waals surface area contributed by atoms with Gasteiger partial charge in [0.2, 0.25) is 0 Å². The summed E-state index contributed by atoms with van der Waals surface area (Å²) in [6, 6.07) is 0. The van der Waals surface area contributed by atoms with E-state index in [-0.39, 0.29) is 24.8 Å². The van der Waals surface area contributed by atoms with Gasteiger partial charge in [-0.2, -0.15) is 0 Å². The molecule has 1 saturated heterocycles. The van der Waals surface area contributed by atoms with Crippen molar-refractivity contribution in [3.8, 4) is 0 Å². The topological polar surface area (TPSA) is 6.48 Å². The quantitative estimate of drug-likeness (QED) is 0.659. The molecule has 1 heterocycles. The van der Waals surface area contributed by atoms with Crippen LogP contribution in [-0.2, 0) is 0 Å². The molecule has 0 N–H and O–H groups in total. The van der Waals surface area contributed by atoms with Gasteiger partial charge in [0.25, 0.3) is 0 Å². The van der Waals surface area contributed by atoms with Crippen LogP contribution in [0.2, 0.25) is 0 Å². The Morgan fingerprint density at radius 2 is 1.30 bits per heavy atom. The van der Waals surface area contributed by atoms with Crippen molar-refractivity contribution in [2.24, 2.45) is 17.8 Å². The summed E-state index contributed by atoms with van der Waals surface area (Å²) in [6.45, 7) is 9.06. The van der Waals surface area contributed by atoms with Crippen LogP contribution in [0.5, 0.6) is 0 Å². The van der Waals surface area contributed by atoms with Crippen LogP contribution in [0.3, 0.4) is 0 Å². The third-order valence-corrected chi connectivity index (χ3v) is 7.13. The van der Waals surface area contributed by atoms with Crippen molar-refractivity contribution >= 4 is 24.8 Å². The Kier molecular flexibility index (Phi) is 7.11. The molecule has 0 aromatic heterocycles. The Bertz CT molecular complexity index is 331. The van der Waals surface area contributed by atoms with Crippen LogP contribution < -0.4 is 0 Å². The molecular weight excluding hydrogens is 327 g/mol. The summed E-state index contributed by atoms with van der Waals surface area (Å²) in [5.41, 5.74) is 0.657. The van der Waals surface area contributed by atoms with E-state index in [1.807, 2.05) is 0 Å². The van der Waals surface area contributed by atoms with Gasteiger partial charge in [0, 0.05) is 31.7 Å². The lowest BCUT2D eigenvalue weighted by Gasteiger charge is -2.61. The first-order valence-electron chi connectivity index (χ1n) is 9.75. The molecule has 0 atom stereocenters. The van der Waals surface area contributed by atoms with E-state index in [2.05, 4.69) is 16.7 Å². The van der Waals surface area contributed by atoms with E-state index in [1.165, 1.54) is 52.0 Å². The Morgan fingerprint density at radius 1 is 0.783 bits per heavy atom. The van der Waals surface area contributed by atoms with Gasteiger partial charge in [0.1, 0.15) is 0 Å². The van der Waals surface area contributed by atoms with Crippen molar-refractivity contribution in [2.45, 2.75) is 70.3 Å². The van der Waals surface area contributed by atoms with Crippen molar-refractivity contribution in [3.05, 3.63) is 0 Å². The van der Waals surface area contributed by atoms with Crippen LogP contribution >= 0.6 is 24.8 Å². The standard InChI is InChI=1S/C19H34N2.2ClH/c1-2-3-4-5-20-6-8-21(9-7-20)19-13-16-10-17(14-19)12-18(11-16)15-19;;/h16-18H,2-15H2,1H3;2*1H. The van der Waals surface area contributed by atoms with Crippen molar-refractivity contribution in [3.63, 3.8) is 0 Å². The lowest BCUT2D eigenvalue weighted by Crippen LogP contribution is -2.63. The maximum Gasteiger partial charge on any atom is 0.0218 e. The summed E-state index contributed by atoms with van der Waals surface area (Å²) in [5.74, 6) is 3.29. The smallest absolute Gasteiger partial charge is 0.0218 e. The number of rotatable bonds is 5. The normalized spacial score (nSPS) is 39.8. The Hall–Kier alpha value is 0.500. The second-order valence-electron chi connectivity index (χ2n) is 8.68. The molecule has 1 aliphatic heterocycles. The van der Waals surface area contributed by atoms with Crippen LogP contribution in [-0.4, -0.2) is 48.1 Å². The van der Waals surface area contributed by atoms with Gasteiger partial charge in [-0.25, -0.2) is 0 Å². The van der Waals surface area contributed by atoms with Gasteiger partial charge < -0.3 is 4.90 Å². The molecule has 0 aromatic carbocycles. The molecule has 0 aromatic rings. The molecule has 23 heavy (non-hydrogen) atoms. The molecule has 0 spiro atoms. The van der Waals surface area contributed by atoms with E-state index >= 15 is 0 Å². The van der Waals surface area contributed by atoms with Crippen molar-refractivity contribution in [1.29, 1.82) is 0 Å². The molecule has 4 aliphatic carbocycles. The Labute approximate surface area is 155 Å². The Balaban J connectivity index is 0.000000960. The average Bonchev–Trinajstić information content (AvgIpc) is 2.47. The van der Waals surface area contributed by atoms with Crippen LogP contribution in [0.25, 0.3) is 0 Å². The zero-order valence-corrected chi connectivity index (χ0v) is 16.5. The average molecular weight is 363 g/mol. The molecule has 4 heteroatoms. The fraction of sp³-hybridized carbons (Fsp3) is 1.00. The summed E-state index contributed by atoms with van der Waals surface area (Å²) in [6.07, 6.45) is 13.6. The van der Waals surface area contributed by atoms with Gasteiger partial charge in [-0.1, -0.05) is 19.8 Å². The van der Waals surface area contributed by atoms with Gasteiger partial charge >= 0.3 is 0 Å². The second-order valence-corrected chi connectivity index (χ2v) is 8.68. The van der Waals surface area contributed by atoms with Crippen LogP contribution in [0.1, 0.15) is 64.7 Å². The third kappa shape index (κ3) is 4.02. The van der Waals surface area contributed by atoms with Gasteiger partial charge in [0.05, 0.1) is 0 Å².